The lowest BCUT2D eigenvalue weighted by Crippen LogP contribution is -2.30. The van der Waals surface area contributed by atoms with Crippen LogP contribution in [-0.4, -0.2) is 33.4 Å². The van der Waals surface area contributed by atoms with Crippen LogP contribution in [0.2, 0.25) is 0 Å². The van der Waals surface area contributed by atoms with Crippen LogP contribution in [0.25, 0.3) is 0 Å². The van der Waals surface area contributed by atoms with Crippen molar-refractivity contribution in [2.24, 2.45) is 5.92 Å². The monoisotopic (exact) mass is 280 g/mol. The first-order valence-electron chi connectivity index (χ1n) is 6.80. The van der Waals surface area contributed by atoms with Gasteiger partial charge in [0.2, 0.25) is 0 Å². The zero-order valence-electron chi connectivity index (χ0n) is 11.7. The summed E-state index contributed by atoms with van der Waals surface area (Å²) in [6.45, 7) is 4.19. The molecule has 1 aliphatic rings. The summed E-state index contributed by atoms with van der Waals surface area (Å²) in [4.78, 5) is 21.9. The molecule has 2 rings (SSSR count). The number of urea groups is 1. The second-order valence-corrected chi connectivity index (χ2v) is 5.22. The fourth-order valence-corrected chi connectivity index (χ4v) is 2.18. The van der Waals surface area contributed by atoms with Crippen LogP contribution in [0.3, 0.4) is 0 Å². The molecule has 1 saturated carbocycles. The minimum absolute atomic E-state index is 0.0966. The molecule has 0 aromatic carbocycles. The van der Waals surface area contributed by atoms with Crippen molar-refractivity contribution < 1.29 is 14.7 Å². The molecule has 1 atom stereocenters. The molecule has 0 spiro atoms. The number of carboxylic acid groups (broad SMARTS) is 1. The molecular formula is C13H20N4O3. The Kier molecular flexibility index (Phi) is 4.26. The summed E-state index contributed by atoms with van der Waals surface area (Å²) in [6, 6.07) is 1.73. The Morgan fingerprint density at radius 1 is 1.55 bits per heavy atom. The minimum Gasteiger partial charge on any atom is -0.481 e. The number of nitrogens with one attached hydrogen (secondary N) is 2. The van der Waals surface area contributed by atoms with Crippen LogP contribution in [0.5, 0.6) is 0 Å². The number of carboxylic acids is 1. The second-order valence-electron chi connectivity index (χ2n) is 5.22. The summed E-state index contributed by atoms with van der Waals surface area (Å²) in [5.74, 6) is 0.234. The van der Waals surface area contributed by atoms with Crippen molar-refractivity contribution in [3.8, 4) is 0 Å². The molecule has 1 aromatic rings. The van der Waals surface area contributed by atoms with E-state index in [1.807, 2.05) is 17.7 Å². The van der Waals surface area contributed by atoms with Crippen molar-refractivity contribution in [1.82, 2.24) is 15.1 Å². The molecule has 1 fully saturated rings. The quantitative estimate of drug-likeness (QED) is 0.739. The van der Waals surface area contributed by atoms with E-state index in [1.165, 1.54) is 12.8 Å². The standard InChI is InChI=1S/C13H20N4O3/c1-8-7-11(15-13(20)14-6-5-12(18)19)16-17(8)9(2)10-3-4-10/h7,9-10H,3-6H2,1-2H3,(H,18,19)(H2,14,15,16,20). The highest BCUT2D eigenvalue weighted by Gasteiger charge is 2.30. The number of carbonyl (C=O) groups excluding carboxylic acids is 1. The lowest BCUT2D eigenvalue weighted by atomic mass is 10.2. The van der Waals surface area contributed by atoms with Crippen LogP contribution in [0, 0.1) is 12.8 Å². The van der Waals surface area contributed by atoms with Crippen LogP contribution in [-0.2, 0) is 4.79 Å². The normalized spacial score (nSPS) is 15.7. The number of aromatic nitrogens is 2. The van der Waals surface area contributed by atoms with Gasteiger partial charge in [-0.1, -0.05) is 0 Å². The Morgan fingerprint density at radius 3 is 2.85 bits per heavy atom. The number of aliphatic carboxylic acids is 1. The summed E-state index contributed by atoms with van der Waals surface area (Å²) in [5, 5.41) is 18.0. The summed E-state index contributed by atoms with van der Waals surface area (Å²) >= 11 is 0. The van der Waals surface area contributed by atoms with Crippen LogP contribution >= 0.6 is 0 Å². The molecule has 2 amide bonds. The van der Waals surface area contributed by atoms with Crippen molar-refractivity contribution >= 4 is 17.8 Å². The molecular weight excluding hydrogens is 260 g/mol. The van der Waals surface area contributed by atoms with E-state index in [2.05, 4.69) is 22.7 Å². The molecule has 0 bridgehead atoms. The number of nitrogens with zero attached hydrogens (tertiary/aromatic N) is 2. The number of hydrogen-bond donors (Lipinski definition) is 3. The lowest BCUT2D eigenvalue weighted by molar-refractivity contribution is -0.136. The maximum atomic E-state index is 11.6. The highest BCUT2D eigenvalue weighted by molar-refractivity contribution is 5.88. The van der Waals surface area contributed by atoms with Gasteiger partial charge in [-0.25, -0.2) is 4.79 Å². The maximum Gasteiger partial charge on any atom is 0.320 e. The number of carbonyl (C=O) groups is 2. The van der Waals surface area contributed by atoms with E-state index in [9.17, 15) is 9.59 Å². The molecule has 0 aliphatic heterocycles. The predicted octanol–water partition coefficient (Wildman–Crippen LogP) is 1.76. The van der Waals surface area contributed by atoms with Gasteiger partial charge in [-0.15, -0.1) is 0 Å². The first-order chi connectivity index (χ1) is 9.47. The first kappa shape index (κ1) is 14.4. The molecule has 110 valence electrons. The van der Waals surface area contributed by atoms with Gasteiger partial charge >= 0.3 is 12.0 Å². The Morgan fingerprint density at radius 2 is 2.25 bits per heavy atom. The third-order valence-electron chi connectivity index (χ3n) is 3.48. The van der Waals surface area contributed by atoms with Crippen LogP contribution in [0.4, 0.5) is 10.6 Å². The van der Waals surface area contributed by atoms with Gasteiger partial charge in [-0.2, -0.15) is 5.10 Å². The number of anilines is 1. The first-order valence-corrected chi connectivity index (χ1v) is 6.80. The van der Waals surface area contributed by atoms with Crippen molar-refractivity contribution in [1.29, 1.82) is 0 Å². The summed E-state index contributed by atoms with van der Waals surface area (Å²) in [5.41, 5.74) is 1.00. The smallest absolute Gasteiger partial charge is 0.320 e. The van der Waals surface area contributed by atoms with E-state index in [-0.39, 0.29) is 13.0 Å². The van der Waals surface area contributed by atoms with Crippen molar-refractivity contribution in [3.63, 3.8) is 0 Å². The number of rotatable bonds is 6. The number of hydrogen-bond acceptors (Lipinski definition) is 3. The average Bonchev–Trinajstić information content (AvgIpc) is 3.13. The third kappa shape index (κ3) is 3.72. The van der Waals surface area contributed by atoms with Crippen LogP contribution in [0.15, 0.2) is 6.07 Å². The van der Waals surface area contributed by atoms with E-state index in [0.717, 1.165) is 5.69 Å². The van der Waals surface area contributed by atoms with Crippen molar-refractivity contribution in [2.75, 3.05) is 11.9 Å². The SMILES string of the molecule is Cc1cc(NC(=O)NCCC(=O)O)nn1C(C)C1CC1. The molecule has 7 heteroatoms. The van der Waals surface area contributed by atoms with Gasteiger partial charge < -0.3 is 10.4 Å². The highest BCUT2D eigenvalue weighted by atomic mass is 16.4. The van der Waals surface area contributed by atoms with Crippen LogP contribution < -0.4 is 10.6 Å². The molecule has 0 saturated heterocycles. The van der Waals surface area contributed by atoms with Gasteiger partial charge in [0, 0.05) is 18.3 Å². The summed E-state index contributed by atoms with van der Waals surface area (Å²) in [6.07, 6.45) is 2.37. The van der Waals surface area contributed by atoms with Gasteiger partial charge in [0.15, 0.2) is 5.82 Å². The Labute approximate surface area is 117 Å². The van der Waals surface area contributed by atoms with Crippen molar-refractivity contribution in [2.45, 2.75) is 39.2 Å². The maximum absolute atomic E-state index is 11.6. The van der Waals surface area contributed by atoms with E-state index in [4.69, 9.17) is 5.11 Å². The second kappa shape index (κ2) is 5.94. The molecule has 1 aliphatic carbocycles. The Balaban J connectivity index is 1.88. The third-order valence-corrected chi connectivity index (χ3v) is 3.48. The summed E-state index contributed by atoms with van der Waals surface area (Å²) in [7, 11) is 0. The average molecular weight is 280 g/mol. The molecule has 1 heterocycles. The number of amides is 2. The predicted molar refractivity (Wildman–Crippen MR) is 73.7 cm³/mol. The van der Waals surface area contributed by atoms with Crippen molar-refractivity contribution in [3.05, 3.63) is 11.8 Å². The zero-order chi connectivity index (χ0) is 14.7. The molecule has 3 N–H and O–H groups in total. The zero-order valence-corrected chi connectivity index (χ0v) is 11.7. The topological polar surface area (TPSA) is 96.2 Å². The van der Waals surface area contributed by atoms with Gasteiger partial charge in [0.1, 0.15) is 0 Å². The van der Waals surface area contributed by atoms with Gasteiger partial charge in [0.25, 0.3) is 0 Å². The summed E-state index contributed by atoms with van der Waals surface area (Å²) < 4.78 is 1.94. The Hall–Kier alpha value is -2.05. The highest BCUT2D eigenvalue weighted by Crippen LogP contribution is 2.39. The molecule has 20 heavy (non-hydrogen) atoms. The molecule has 1 aromatic heterocycles. The minimum atomic E-state index is -0.941. The van der Waals surface area contributed by atoms with E-state index < -0.39 is 12.0 Å². The van der Waals surface area contributed by atoms with E-state index in [1.54, 1.807) is 0 Å². The van der Waals surface area contributed by atoms with Gasteiger partial charge in [-0.3, -0.25) is 14.8 Å². The number of aryl methyl sites for hydroxylation is 1. The van der Waals surface area contributed by atoms with E-state index >= 15 is 0 Å². The van der Waals surface area contributed by atoms with Gasteiger partial charge in [0.05, 0.1) is 12.5 Å². The molecule has 0 radical (unpaired) electrons. The Bertz CT molecular complexity index is 508. The molecule has 1 unspecified atom stereocenters. The van der Waals surface area contributed by atoms with E-state index in [0.29, 0.717) is 17.8 Å². The fraction of sp³-hybridized carbons (Fsp3) is 0.615. The largest absolute Gasteiger partial charge is 0.481 e. The fourth-order valence-electron chi connectivity index (χ4n) is 2.18. The molecule has 7 nitrogen and oxygen atoms in total. The van der Waals surface area contributed by atoms with Gasteiger partial charge in [-0.05, 0) is 32.6 Å². The van der Waals surface area contributed by atoms with Crippen LogP contribution in [0.1, 0.15) is 37.9 Å². The lowest BCUT2D eigenvalue weighted by Gasteiger charge is -2.12.